The number of methoxy groups -OCH3 is 1. The van der Waals surface area contributed by atoms with Gasteiger partial charge in [-0.15, -0.1) is 0 Å². The van der Waals surface area contributed by atoms with Crippen molar-refractivity contribution in [2.75, 3.05) is 20.3 Å². The van der Waals surface area contributed by atoms with Gasteiger partial charge < -0.3 is 25.6 Å². The number of benzene rings is 2. The monoisotopic (exact) mass is 665 g/mol. The van der Waals surface area contributed by atoms with E-state index in [-0.39, 0.29) is 48.3 Å². The number of carbonyl (C=O) groups excluding carboxylic acids is 2. The van der Waals surface area contributed by atoms with Gasteiger partial charge in [-0.3, -0.25) is 4.79 Å². The van der Waals surface area contributed by atoms with Crippen LogP contribution >= 0.6 is 11.6 Å². The summed E-state index contributed by atoms with van der Waals surface area (Å²) in [6.45, 7) is 5.58. The van der Waals surface area contributed by atoms with Gasteiger partial charge in [0.1, 0.15) is 6.04 Å². The normalized spacial score (nSPS) is 16.2. The zero-order chi connectivity index (χ0) is 33.1. The van der Waals surface area contributed by atoms with Crippen molar-refractivity contribution < 1.29 is 33.0 Å². The molecule has 0 aliphatic heterocycles. The molecule has 45 heavy (non-hydrogen) atoms. The summed E-state index contributed by atoms with van der Waals surface area (Å²) >= 11 is 6.32. The van der Waals surface area contributed by atoms with Crippen LogP contribution in [-0.4, -0.2) is 73.3 Å². The molecular weight excluding hydrogens is 618 g/mol. The van der Waals surface area contributed by atoms with Crippen molar-refractivity contribution in [3.63, 3.8) is 0 Å². The lowest BCUT2D eigenvalue weighted by atomic mass is 10.0. The molecule has 0 saturated heterocycles. The van der Waals surface area contributed by atoms with Crippen LogP contribution in [0.1, 0.15) is 76.5 Å². The third kappa shape index (κ3) is 11.0. The van der Waals surface area contributed by atoms with Gasteiger partial charge in [0.05, 0.1) is 24.7 Å². The van der Waals surface area contributed by atoms with Crippen LogP contribution in [0.3, 0.4) is 0 Å². The molecule has 250 valence electrons. The van der Waals surface area contributed by atoms with Gasteiger partial charge in [0.25, 0.3) is 0 Å². The van der Waals surface area contributed by atoms with Gasteiger partial charge in [0, 0.05) is 30.1 Å². The first kappa shape index (κ1) is 36.8. The molecule has 0 aromatic heterocycles. The summed E-state index contributed by atoms with van der Waals surface area (Å²) in [6.07, 6.45) is 2.86. The van der Waals surface area contributed by atoms with Gasteiger partial charge in [-0.1, -0.05) is 55.8 Å². The summed E-state index contributed by atoms with van der Waals surface area (Å²) in [4.78, 5) is 25.6. The second-order valence-electron chi connectivity index (χ2n) is 12.2. The highest BCUT2D eigenvalue weighted by Crippen LogP contribution is 2.35. The first-order valence-corrected chi connectivity index (χ1v) is 17.5. The molecule has 4 N–H and O–H groups in total. The summed E-state index contributed by atoms with van der Waals surface area (Å²) in [5, 5.41) is 26.5. The third-order valence-corrected chi connectivity index (χ3v) is 10.6. The number of halogens is 1. The Morgan fingerprint density at radius 1 is 1.02 bits per heavy atom. The molecular formula is C33H48ClN3O7S. The van der Waals surface area contributed by atoms with Gasteiger partial charge in [-0.25, -0.2) is 13.2 Å². The minimum atomic E-state index is -3.92. The smallest absolute Gasteiger partial charge is 0.407 e. The molecule has 0 unspecified atom stereocenters. The maximum atomic E-state index is 13.8. The highest BCUT2D eigenvalue weighted by Gasteiger charge is 2.35. The van der Waals surface area contributed by atoms with Crippen LogP contribution in [0.25, 0.3) is 0 Å². The lowest BCUT2D eigenvalue weighted by Crippen LogP contribution is -2.51. The van der Waals surface area contributed by atoms with Crippen LogP contribution in [0.5, 0.6) is 0 Å². The van der Waals surface area contributed by atoms with Crippen LogP contribution in [0.4, 0.5) is 4.79 Å². The van der Waals surface area contributed by atoms with Gasteiger partial charge in [0.15, 0.2) is 0 Å². The number of sulfonamides is 1. The zero-order valence-corrected chi connectivity index (χ0v) is 28.2. The van der Waals surface area contributed by atoms with Crippen LogP contribution in [0.15, 0.2) is 53.4 Å². The fraction of sp³-hybridized carbons (Fsp3) is 0.576. The summed E-state index contributed by atoms with van der Waals surface area (Å²) in [5.74, 6) is 0.193. The highest BCUT2D eigenvalue weighted by atomic mass is 35.5. The lowest BCUT2D eigenvalue weighted by Gasteiger charge is -2.31. The van der Waals surface area contributed by atoms with Crippen LogP contribution in [0, 0.1) is 11.8 Å². The van der Waals surface area contributed by atoms with E-state index in [0.717, 1.165) is 12.8 Å². The second-order valence-corrected chi connectivity index (χ2v) is 14.5. The average molecular weight is 666 g/mol. The number of carbonyl (C=O) groups is 2. The molecule has 1 saturated carbocycles. The van der Waals surface area contributed by atoms with E-state index in [1.165, 1.54) is 23.5 Å². The number of hydrogen-bond acceptors (Lipinski definition) is 7. The first-order valence-electron chi connectivity index (χ1n) is 15.7. The van der Waals surface area contributed by atoms with Crippen molar-refractivity contribution >= 4 is 33.6 Å². The Labute approximate surface area is 272 Å². The first-order chi connectivity index (χ1) is 21.4. The standard InChI is InChI=1S/C33H48ClN3O7S/c1-22(2)18-19-37(45(42,43)28-16-14-24(15-17-28)23(3)39)27(21-38)9-7-11-30(25-12-13-25)35-32(40)31(36-33(41)44-4)20-26-8-5-6-10-29(26)34/h5-6,8,10,14-17,22-23,25,27,30-31,38-39H,7,9,11-13,18-21H2,1-4H3,(H,35,40)(H,36,41)/t23-,27+,30-,31+/m1/s1. The third-order valence-electron chi connectivity index (χ3n) is 8.26. The van der Waals surface area contributed by atoms with Crippen molar-refractivity contribution in [2.45, 2.75) is 94.8 Å². The molecule has 3 rings (SSSR count). The molecule has 4 atom stereocenters. The van der Waals surface area contributed by atoms with Gasteiger partial charge >= 0.3 is 6.09 Å². The Hall–Kier alpha value is -2.70. The largest absolute Gasteiger partial charge is 0.453 e. The van der Waals surface area contributed by atoms with E-state index in [2.05, 4.69) is 10.6 Å². The fourth-order valence-corrected chi connectivity index (χ4v) is 7.21. The summed E-state index contributed by atoms with van der Waals surface area (Å²) in [5.41, 5.74) is 1.33. The number of ether oxygens (including phenoxy) is 1. The van der Waals surface area contributed by atoms with E-state index in [4.69, 9.17) is 16.3 Å². The van der Waals surface area contributed by atoms with Crippen LogP contribution in [-0.2, 0) is 26.0 Å². The average Bonchev–Trinajstić information content (AvgIpc) is 3.85. The van der Waals surface area contributed by atoms with E-state index in [0.29, 0.717) is 41.8 Å². The zero-order valence-electron chi connectivity index (χ0n) is 26.6. The number of alkyl carbamates (subject to hydrolysis) is 1. The molecule has 1 aliphatic rings. The van der Waals surface area contributed by atoms with E-state index in [1.807, 2.05) is 19.9 Å². The Bertz CT molecular complexity index is 1350. The van der Waals surface area contributed by atoms with E-state index >= 15 is 0 Å². The number of nitrogens with zero attached hydrogens (tertiary/aromatic N) is 1. The Morgan fingerprint density at radius 2 is 1.69 bits per heavy atom. The maximum Gasteiger partial charge on any atom is 0.407 e. The summed E-state index contributed by atoms with van der Waals surface area (Å²) in [7, 11) is -2.69. The van der Waals surface area contributed by atoms with Crippen molar-refractivity contribution in [3.05, 3.63) is 64.7 Å². The molecule has 1 aliphatic carbocycles. The Kier molecular flexibility index (Phi) is 14.1. The van der Waals surface area contributed by atoms with Crippen LogP contribution in [0.2, 0.25) is 5.02 Å². The van der Waals surface area contributed by atoms with E-state index in [9.17, 15) is 28.2 Å². The highest BCUT2D eigenvalue weighted by molar-refractivity contribution is 7.89. The molecule has 0 spiro atoms. The molecule has 0 heterocycles. The van der Waals surface area contributed by atoms with Gasteiger partial charge in [-0.05, 0) is 86.6 Å². The molecule has 2 aromatic rings. The number of aliphatic hydroxyl groups is 2. The summed E-state index contributed by atoms with van der Waals surface area (Å²) < 4.78 is 33.7. The summed E-state index contributed by atoms with van der Waals surface area (Å²) in [6, 6.07) is 11.6. The number of amides is 2. The van der Waals surface area contributed by atoms with Crippen molar-refractivity contribution in [2.24, 2.45) is 11.8 Å². The predicted molar refractivity (Wildman–Crippen MR) is 174 cm³/mol. The molecule has 1 fully saturated rings. The number of rotatable bonds is 18. The molecule has 10 nitrogen and oxygen atoms in total. The van der Waals surface area contributed by atoms with Gasteiger partial charge in [-0.2, -0.15) is 4.31 Å². The van der Waals surface area contributed by atoms with Crippen molar-refractivity contribution in [1.29, 1.82) is 0 Å². The SMILES string of the molecule is COC(=O)N[C@@H](Cc1ccccc1Cl)C(=O)N[C@H](CCC[C@@H](CO)N(CCC(C)C)S(=O)(=O)c1ccc([C@@H](C)O)cc1)C1CC1. The van der Waals surface area contributed by atoms with Crippen molar-refractivity contribution in [1.82, 2.24) is 14.9 Å². The van der Waals surface area contributed by atoms with E-state index in [1.54, 1.807) is 37.3 Å². The molecule has 2 amide bonds. The van der Waals surface area contributed by atoms with Crippen LogP contribution < -0.4 is 10.6 Å². The second kappa shape index (κ2) is 17.3. The fourth-order valence-electron chi connectivity index (χ4n) is 5.34. The number of aliphatic hydroxyl groups excluding tert-OH is 2. The topological polar surface area (TPSA) is 145 Å². The minimum Gasteiger partial charge on any atom is -0.453 e. The molecule has 0 radical (unpaired) electrons. The number of nitrogens with one attached hydrogen (secondary N) is 2. The molecule has 2 aromatic carbocycles. The molecule has 12 heteroatoms. The predicted octanol–water partition coefficient (Wildman–Crippen LogP) is 4.82. The Balaban J connectivity index is 1.71. The maximum absolute atomic E-state index is 13.8. The molecule has 0 bridgehead atoms. The quantitative estimate of drug-likeness (QED) is 0.179. The Morgan fingerprint density at radius 3 is 2.24 bits per heavy atom. The number of hydrogen-bond donors (Lipinski definition) is 4. The van der Waals surface area contributed by atoms with Crippen molar-refractivity contribution in [3.8, 4) is 0 Å². The van der Waals surface area contributed by atoms with E-state index < -0.39 is 34.3 Å². The van der Waals surface area contributed by atoms with Gasteiger partial charge in [0.2, 0.25) is 15.9 Å². The lowest BCUT2D eigenvalue weighted by molar-refractivity contribution is -0.124. The minimum absolute atomic E-state index is 0.111.